The third kappa shape index (κ3) is 3.38. The highest BCUT2D eigenvalue weighted by atomic mass is 16.5. The van der Waals surface area contributed by atoms with Crippen molar-refractivity contribution >= 4 is 5.69 Å². The SMILES string of the molecule is Cc1noc(C)c1CN1CCCN(c2ccccc2C#N)CC1. The molecule has 1 aromatic heterocycles. The zero-order valence-corrected chi connectivity index (χ0v) is 13.7. The molecule has 120 valence electrons. The molecule has 1 saturated heterocycles. The number of nitriles is 1. The van der Waals surface area contributed by atoms with Crippen LogP contribution in [0.25, 0.3) is 0 Å². The fraction of sp³-hybridized carbons (Fsp3) is 0.444. The molecule has 0 N–H and O–H groups in total. The summed E-state index contributed by atoms with van der Waals surface area (Å²) >= 11 is 0. The molecule has 0 aliphatic carbocycles. The molecule has 1 aliphatic rings. The maximum atomic E-state index is 9.30. The van der Waals surface area contributed by atoms with Crippen LogP contribution in [0.1, 0.15) is 29.0 Å². The number of hydrogen-bond donors (Lipinski definition) is 0. The zero-order chi connectivity index (χ0) is 16.2. The van der Waals surface area contributed by atoms with Gasteiger partial charge in [-0.2, -0.15) is 5.26 Å². The first-order chi connectivity index (χ1) is 11.2. The molecular weight excluding hydrogens is 288 g/mol. The van der Waals surface area contributed by atoms with Crippen LogP contribution >= 0.6 is 0 Å². The van der Waals surface area contributed by atoms with Crippen molar-refractivity contribution in [1.82, 2.24) is 10.1 Å². The Morgan fingerprint density at radius 3 is 2.74 bits per heavy atom. The molecule has 5 nitrogen and oxygen atoms in total. The zero-order valence-electron chi connectivity index (χ0n) is 13.7. The summed E-state index contributed by atoms with van der Waals surface area (Å²) in [6.45, 7) is 8.80. The summed E-state index contributed by atoms with van der Waals surface area (Å²) in [4.78, 5) is 4.77. The summed E-state index contributed by atoms with van der Waals surface area (Å²) in [6.07, 6.45) is 1.09. The summed E-state index contributed by atoms with van der Waals surface area (Å²) in [5, 5.41) is 13.3. The number of anilines is 1. The summed E-state index contributed by atoms with van der Waals surface area (Å²) in [5.74, 6) is 0.915. The van der Waals surface area contributed by atoms with Gasteiger partial charge in [-0.05, 0) is 32.4 Å². The van der Waals surface area contributed by atoms with Gasteiger partial charge in [0.15, 0.2) is 0 Å². The van der Waals surface area contributed by atoms with Gasteiger partial charge in [0.05, 0.1) is 16.9 Å². The van der Waals surface area contributed by atoms with Gasteiger partial charge in [-0.25, -0.2) is 0 Å². The van der Waals surface area contributed by atoms with E-state index in [0.717, 1.165) is 61.8 Å². The Bertz CT molecular complexity index is 697. The normalized spacial score (nSPS) is 16.1. The lowest BCUT2D eigenvalue weighted by molar-refractivity contribution is 0.282. The van der Waals surface area contributed by atoms with Crippen LogP contribution in [0.5, 0.6) is 0 Å². The van der Waals surface area contributed by atoms with E-state index in [2.05, 4.69) is 21.0 Å². The quantitative estimate of drug-likeness (QED) is 0.872. The van der Waals surface area contributed by atoms with Gasteiger partial charge in [0.1, 0.15) is 11.8 Å². The maximum Gasteiger partial charge on any atom is 0.138 e. The number of hydrogen-bond acceptors (Lipinski definition) is 5. The fourth-order valence-corrected chi connectivity index (χ4v) is 3.17. The minimum Gasteiger partial charge on any atom is -0.369 e. The lowest BCUT2D eigenvalue weighted by Crippen LogP contribution is -2.31. The van der Waals surface area contributed by atoms with Gasteiger partial charge in [0.2, 0.25) is 0 Å². The number of aryl methyl sites for hydroxylation is 2. The van der Waals surface area contributed by atoms with Gasteiger partial charge in [0, 0.05) is 38.3 Å². The second-order valence-corrected chi connectivity index (χ2v) is 6.05. The lowest BCUT2D eigenvalue weighted by atomic mass is 10.1. The number of nitrogens with zero attached hydrogens (tertiary/aromatic N) is 4. The molecule has 3 rings (SSSR count). The summed E-state index contributed by atoms with van der Waals surface area (Å²) < 4.78 is 5.27. The van der Waals surface area contributed by atoms with E-state index in [1.54, 1.807) is 0 Å². The van der Waals surface area contributed by atoms with E-state index in [-0.39, 0.29) is 0 Å². The van der Waals surface area contributed by atoms with E-state index >= 15 is 0 Å². The van der Waals surface area contributed by atoms with Crippen molar-refractivity contribution in [2.75, 3.05) is 31.1 Å². The minimum atomic E-state index is 0.756. The average molecular weight is 310 g/mol. The van der Waals surface area contributed by atoms with Crippen molar-refractivity contribution in [2.24, 2.45) is 0 Å². The Labute approximate surface area is 137 Å². The van der Waals surface area contributed by atoms with Gasteiger partial charge < -0.3 is 9.42 Å². The lowest BCUT2D eigenvalue weighted by Gasteiger charge is -2.24. The van der Waals surface area contributed by atoms with Gasteiger partial charge in [0.25, 0.3) is 0 Å². The number of benzene rings is 1. The Hall–Kier alpha value is -2.32. The number of aromatic nitrogens is 1. The molecule has 2 aromatic rings. The van der Waals surface area contributed by atoms with Crippen LogP contribution in [0, 0.1) is 25.2 Å². The van der Waals surface area contributed by atoms with E-state index in [1.165, 1.54) is 5.56 Å². The first-order valence-corrected chi connectivity index (χ1v) is 8.07. The molecule has 2 heterocycles. The standard InChI is InChI=1S/C18H22N4O/c1-14-17(15(2)23-20-14)13-21-8-5-9-22(11-10-21)18-7-4-3-6-16(18)12-19/h3-4,6-7H,5,8-11,13H2,1-2H3. The molecule has 0 bridgehead atoms. The van der Waals surface area contributed by atoms with Crippen LogP contribution in [0.3, 0.4) is 0 Å². The van der Waals surface area contributed by atoms with Crippen molar-refractivity contribution in [1.29, 1.82) is 5.26 Å². The molecule has 0 radical (unpaired) electrons. The van der Waals surface area contributed by atoms with Crippen molar-refractivity contribution in [2.45, 2.75) is 26.8 Å². The molecule has 23 heavy (non-hydrogen) atoms. The van der Waals surface area contributed by atoms with Crippen LogP contribution in [0.4, 0.5) is 5.69 Å². The third-order valence-electron chi connectivity index (χ3n) is 4.52. The Balaban J connectivity index is 1.69. The van der Waals surface area contributed by atoms with Crippen LogP contribution in [-0.4, -0.2) is 36.2 Å². The first-order valence-electron chi connectivity index (χ1n) is 8.07. The minimum absolute atomic E-state index is 0.756. The Morgan fingerprint density at radius 2 is 2.00 bits per heavy atom. The van der Waals surface area contributed by atoms with Gasteiger partial charge in [-0.15, -0.1) is 0 Å². The molecular formula is C18H22N4O. The Kier molecular flexibility index (Phi) is 4.63. The van der Waals surface area contributed by atoms with E-state index in [1.807, 2.05) is 38.1 Å². The molecule has 0 unspecified atom stereocenters. The number of rotatable bonds is 3. The molecule has 0 saturated carbocycles. The molecule has 1 aliphatic heterocycles. The van der Waals surface area contributed by atoms with Gasteiger partial charge in [-0.1, -0.05) is 17.3 Å². The second kappa shape index (κ2) is 6.84. The fourth-order valence-electron chi connectivity index (χ4n) is 3.17. The molecule has 1 aromatic carbocycles. The van der Waals surface area contributed by atoms with Crippen LogP contribution in [-0.2, 0) is 6.54 Å². The van der Waals surface area contributed by atoms with Crippen molar-refractivity contribution < 1.29 is 4.52 Å². The van der Waals surface area contributed by atoms with E-state index in [9.17, 15) is 5.26 Å². The summed E-state index contributed by atoms with van der Waals surface area (Å²) in [5.41, 5.74) is 4.00. The third-order valence-corrected chi connectivity index (χ3v) is 4.52. The maximum absolute atomic E-state index is 9.30. The monoisotopic (exact) mass is 310 g/mol. The summed E-state index contributed by atoms with van der Waals surface area (Å²) in [7, 11) is 0. The van der Waals surface area contributed by atoms with E-state index < -0.39 is 0 Å². The predicted octanol–water partition coefficient (Wildman–Crippen LogP) is 2.88. The van der Waals surface area contributed by atoms with Gasteiger partial charge >= 0.3 is 0 Å². The van der Waals surface area contributed by atoms with Crippen molar-refractivity contribution in [3.8, 4) is 6.07 Å². The summed E-state index contributed by atoms with van der Waals surface area (Å²) in [6, 6.07) is 10.2. The highest BCUT2D eigenvalue weighted by Crippen LogP contribution is 2.22. The molecule has 5 heteroatoms. The molecule has 1 fully saturated rings. The highest BCUT2D eigenvalue weighted by Gasteiger charge is 2.19. The first kappa shape index (κ1) is 15.6. The second-order valence-electron chi connectivity index (χ2n) is 6.05. The predicted molar refractivity (Wildman–Crippen MR) is 89.2 cm³/mol. The highest BCUT2D eigenvalue weighted by molar-refractivity contribution is 5.59. The molecule has 0 atom stereocenters. The smallest absolute Gasteiger partial charge is 0.138 e. The molecule has 0 spiro atoms. The van der Waals surface area contributed by atoms with Crippen LogP contribution < -0.4 is 4.90 Å². The number of para-hydroxylation sites is 1. The van der Waals surface area contributed by atoms with Gasteiger partial charge in [-0.3, -0.25) is 4.90 Å². The van der Waals surface area contributed by atoms with E-state index in [0.29, 0.717) is 0 Å². The van der Waals surface area contributed by atoms with E-state index in [4.69, 9.17) is 4.52 Å². The van der Waals surface area contributed by atoms with Crippen molar-refractivity contribution in [3.63, 3.8) is 0 Å². The van der Waals surface area contributed by atoms with Crippen LogP contribution in [0.2, 0.25) is 0 Å². The largest absolute Gasteiger partial charge is 0.369 e. The van der Waals surface area contributed by atoms with Crippen molar-refractivity contribution in [3.05, 3.63) is 46.8 Å². The molecule has 0 amide bonds. The topological polar surface area (TPSA) is 56.3 Å². The Morgan fingerprint density at radius 1 is 1.17 bits per heavy atom. The average Bonchev–Trinajstić information content (AvgIpc) is 2.78. The van der Waals surface area contributed by atoms with Crippen LogP contribution in [0.15, 0.2) is 28.8 Å².